The van der Waals surface area contributed by atoms with Gasteiger partial charge in [0, 0.05) is 25.9 Å². The van der Waals surface area contributed by atoms with E-state index in [1.165, 1.54) is 77.0 Å². The van der Waals surface area contributed by atoms with Crippen molar-refractivity contribution >= 4 is 24.2 Å². The van der Waals surface area contributed by atoms with E-state index in [9.17, 15) is 19.2 Å². The molecule has 0 aromatic heterocycles. The van der Waals surface area contributed by atoms with Crippen molar-refractivity contribution in [3.63, 3.8) is 0 Å². The van der Waals surface area contributed by atoms with E-state index in [1.54, 1.807) is 0 Å². The summed E-state index contributed by atoms with van der Waals surface area (Å²) in [5, 5.41) is 0. The molecule has 12 nitrogen and oxygen atoms in total. The molecule has 0 aromatic rings. The maximum absolute atomic E-state index is 12.8. The summed E-state index contributed by atoms with van der Waals surface area (Å²) in [5.41, 5.74) is 0. The smallest absolute Gasteiger partial charge is 0.465 e. The highest BCUT2D eigenvalue weighted by molar-refractivity contribution is 5.69. The number of hydrogen-bond donors (Lipinski definition) is 0. The van der Waals surface area contributed by atoms with E-state index >= 15 is 0 Å². The predicted molar refractivity (Wildman–Crippen MR) is 264 cm³/mol. The van der Waals surface area contributed by atoms with Crippen molar-refractivity contribution in [1.29, 1.82) is 0 Å². The normalized spacial score (nSPS) is 12.5. The zero-order valence-corrected chi connectivity index (χ0v) is 43.4. The second kappa shape index (κ2) is 45.2. The van der Waals surface area contributed by atoms with Gasteiger partial charge < -0.3 is 33.3 Å². The van der Waals surface area contributed by atoms with E-state index in [4.69, 9.17) is 28.4 Å². The molecule has 0 bridgehead atoms. The Morgan fingerprint density at radius 2 is 0.738 bits per heavy atom. The lowest BCUT2D eigenvalue weighted by molar-refractivity contribution is -0.146. The van der Waals surface area contributed by atoms with Gasteiger partial charge in [-0.25, -0.2) is 9.59 Å². The molecule has 0 aromatic carbocycles. The lowest BCUT2D eigenvalue weighted by atomic mass is 9.96. The second-order valence-electron chi connectivity index (χ2n) is 18.3. The first-order valence-electron chi connectivity index (χ1n) is 27.0. The van der Waals surface area contributed by atoms with Gasteiger partial charge in [0.25, 0.3) is 0 Å². The van der Waals surface area contributed by atoms with Crippen LogP contribution in [0, 0.1) is 11.8 Å². The third-order valence-electron chi connectivity index (χ3n) is 12.5. The summed E-state index contributed by atoms with van der Waals surface area (Å²) in [6.45, 7) is 23.0. The number of rotatable bonds is 46. The highest BCUT2D eigenvalue weighted by atomic mass is 16.7. The van der Waals surface area contributed by atoms with Gasteiger partial charge in [0.05, 0.1) is 13.2 Å². The van der Waals surface area contributed by atoms with Gasteiger partial charge in [0.1, 0.15) is 25.4 Å². The Kier molecular flexibility index (Phi) is 43.4. The zero-order valence-electron chi connectivity index (χ0n) is 43.4. The van der Waals surface area contributed by atoms with Crippen molar-refractivity contribution in [2.45, 2.75) is 241 Å². The van der Waals surface area contributed by atoms with Gasteiger partial charge >= 0.3 is 24.2 Å². The third kappa shape index (κ3) is 38.1. The van der Waals surface area contributed by atoms with Crippen LogP contribution in [-0.2, 0) is 38.0 Å². The fourth-order valence-electron chi connectivity index (χ4n) is 8.29. The van der Waals surface area contributed by atoms with E-state index < -0.39 is 12.3 Å². The highest BCUT2D eigenvalue weighted by Gasteiger charge is 2.20. The predicted octanol–water partition coefficient (Wildman–Crippen LogP) is 13.6. The van der Waals surface area contributed by atoms with E-state index in [2.05, 4.69) is 51.3 Å². The molecule has 12 heteroatoms. The topological polar surface area (TPSA) is 130 Å². The largest absolute Gasteiger partial charge is 0.508 e. The number of unbranched alkanes of at least 4 members (excludes halogenated alkanes) is 8. The van der Waals surface area contributed by atoms with E-state index in [0.717, 1.165) is 71.1 Å². The molecule has 0 radical (unpaired) electrons. The minimum absolute atomic E-state index is 0.136. The SMILES string of the molecule is CCCCCC(CCCCC)COC(=O)CCCC(CCC)OC(=O)OCCN(CCCN(CC)CC)CCOC(=O)OC(CCC)CCCC(=O)OCC(CCCCC)CCCCC. The minimum atomic E-state index is -0.708. The van der Waals surface area contributed by atoms with Crippen LogP contribution in [0.15, 0.2) is 0 Å². The highest BCUT2D eigenvalue weighted by Crippen LogP contribution is 2.21. The van der Waals surface area contributed by atoms with Crippen LogP contribution in [0.2, 0.25) is 0 Å². The fourth-order valence-corrected chi connectivity index (χ4v) is 8.29. The van der Waals surface area contributed by atoms with Crippen LogP contribution < -0.4 is 0 Å². The van der Waals surface area contributed by atoms with Crippen LogP contribution in [0.3, 0.4) is 0 Å². The average Bonchev–Trinajstić information content (AvgIpc) is 3.28. The van der Waals surface area contributed by atoms with Gasteiger partial charge in [-0.05, 0) is 109 Å². The lowest BCUT2D eigenvalue weighted by Crippen LogP contribution is -2.35. The molecule has 0 aliphatic rings. The van der Waals surface area contributed by atoms with Gasteiger partial charge in [-0.2, -0.15) is 0 Å². The van der Waals surface area contributed by atoms with Crippen LogP contribution in [0.4, 0.5) is 9.59 Å². The standard InChI is InChI=1S/C53H102N2O10/c1-9-17-21-30-46(31-22-18-10-2)44-62-50(56)36-25-34-48(28-13-5)64-52(58)60-42-40-55(39-27-38-54(15-7)16-8)41-43-61-53(59)65-49(29-14-6)35-26-37-51(57)63-45-47(32-23-19-11-3)33-24-20-12-4/h46-49H,9-45H2,1-8H3. The van der Waals surface area contributed by atoms with Gasteiger partial charge in [-0.3, -0.25) is 14.5 Å². The summed E-state index contributed by atoms with van der Waals surface area (Å²) in [6.07, 6.45) is 23.6. The van der Waals surface area contributed by atoms with Crippen LogP contribution in [0.25, 0.3) is 0 Å². The molecule has 0 saturated heterocycles. The first-order valence-corrected chi connectivity index (χ1v) is 27.0. The van der Waals surface area contributed by atoms with Crippen molar-refractivity contribution in [2.75, 3.05) is 65.7 Å². The second-order valence-corrected chi connectivity index (χ2v) is 18.3. The number of esters is 2. The number of nitrogens with zero attached hydrogens (tertiary/aromatic N) is 2. The number of carbonyl (C=O) groups excluding carboxylic acids is 4. The molecule has 0 heterocycles. The molecule has 0 N–H and O–H groups in total. The summed E-state index contributed by atoms with van der Waals surface area (Å²) in [7, 11) is 0. The van der Waals surface area contributed by atoms with Gasteiger partial charge in [0.2, 0.25) is 0 Å². The van der Waals surface area contributed by atoms with E-state index in [0.29, 0.717) is 89.5 Å². The number of hydrogen-bond acceptors (Lipinski definition) is 12. The zero-order chi connectivity index (χ0) is 48.2. The third-order valence-corrected chi connectivity index (χ3v) is 12.5. The number of carbonyl (C=O) groups is 4. The van der Waals surface area contributed by atoms with Crippen molar-refractivity contribution in [1.82, 2.24) is 9.80 Å². The molecule has 0 fully saturated rings. The van der Waals surface area contributed by atoms with E-state index in [1.807, 2.05) is 13.8 Å². The lowest BCUT2D eigenvalue weighted by Gasteiger charge is -2.24. The maximum Gasteiger partial charge on any atom is 0.508 e. The van der Waals surface area contributed by atoms with Crippen molar-refractivity contribution in [2.24, 2.45) is 11.8 Å². The Morgan fingerprint density at radius 3 is 1.08 bits per heavy atom. The van der Waals surface area contributed by atoms with Crippen molar-refractivity contribution in [3.05, 3.63) is 0 Å². The van der Waals surface area contributed by atoms with Crippen LogP contribution in [-0.4, -0.2) is 112 Å². The molecule has 2 unspecified atom stereocenters. The molecule has 0 aliphatic heterocycles. The Hall–Kier alpha value is -2.60. The Labute approximate surface area is 399 Å². The van der Waals surface area contributed by atoms with Crippen molar-refractivity contribution in [3.8, 4) is 0 Å². The molecule has 0 aliphatic carbocycles. The molecular weight excluding hydrogens is 825 g/mol. The van der Waals surface area contributed by atoms with Crippen molar-refractivity contribution < 1.29 is 47.6 Å². The fraction of sp³-hybridized carbons (Fsp3) is 0.925. The summed E-state index contributed by atoms with van der Waals surface area (Å²) >= 11 is 0. The minimum Gasteiger partial charge on any atom is -0.465 e. The Morgan fingerprint density at radius 1 is 0.369 bits per heavy atom. The molecule has 0 amide bonds. The molecule has 65 heavy (non-hydrogen) atoms. The molecule has 0 rings (SSSR count). The Bertz CT molecular complexity index is 1030. The molecular formula is C53H102N2O10. The summed E-state index contributed by atoms with van der Waals surface area (Å²) in [4.78, 5) is 55.4. The van der Waals surface area contributed by atoms with Gasteiger partial charge in [0.15, 0.2) is 0 Å². The van der Waals surface area contributed by atoms with Gasteiger partial charge in [-0.1, -0.05) is 145 Å². The summed E-state index contributed by atoms with van der Waals surface area (Å²) in [5.74, 6) is 0.498. The Balaban J connectivity index is 4.95. The summed E-state index contributed by atoms with van der Waals surface area (Å²) in [6, 6.07) is 0. The quantitative estimate of drug-likeness (QED) is 0.0327. The van der Waals surface area contributed by atoms with Crippen LogP contribution >= 0.6 is 0 Å². The average molecular weight is 927 g/mol. The van der Waals surface area contributed by atoms with Crippen LogP contribution in [0.5, 0.6) is 0 Å². The first-order chi connectivity index (χ1) is 31.6. The van der Waals surface area contributed by atoms with Gasteiger partial charge in [-0.15, -0.1) is 0 Å². The summed E-state index contributed by atoms with van der Waals surface area (Å²) < 4.78 is 34.0. The molecule has 0 saturated carbocycles. The molecule has 0 spiro atoms. The monoisotopic (exact) mass is 927 g/mol. The van der Waals surface area contributed by atoms with E-state index in [-0.39, 0.29) is 37.4 Å². The maximum atomic E-state index is 12.8. The number of ether oxygens (including phenoxy) is 6. The molecule has 384 valence electrons. The first kappa shape index (κ1) is 62.4. The molecule has 2 atom stereocenters. The van der Waals surface area contributed by atoms with Crippen LogP contribution in [0.1, 0.15) is 229 Å².